The molecule has 1 heterocycles. The van der Waals surface area contributed by atoms with Gasteiger partial charge >= 0.3 is 0 Å². The van der Waals surface area contributed by atoms with Gasteiger partial charge in [0.2, 0.25) is 0 Å². The summed E-state index contributed by atoms with van der Waals surface area (Å²) in [6, 6.07) is 7.40. The van der Waals surface area contributed by atoms with Crippen LogP contribution in [0.5, 0.6) is 0 Å². The Morgan fingerprint density at radius 2 is 1.62 bits per heavy atom. The van der Waals surface area contributed by atoms with Crippen molar-refractivity contribution in [2.24, 2.45) is 0 Å². The lowest BCUT2D eigenvalue weighted by Gasteiger charge is -2.02. The van der Waals surface area contributed by atoms with Gasteiger partial charge in [-0.15, -0.1) is 0 Å². The molecule has 0 N–H and O–H groups in total. The minimum atomic E-state index is -0.680. The van der Waals surface area contributed by atoms with E-state index in [1.54, 1.807) is 12.1 Å². The van der Waals surface area contributed by atoms with Gasteiger partial charge in [-0.2, -0.15) is 10.5 Å². The first-order chi connectivity index (χ1) is 6.17. The summed E-state index contributed by atoms with van der Waals surface area (Å²) in [5.41, 5.74) is 2.41. The predicted octanol–water partition coefficient (Wildman–Crippen LogP) is 1.83. The van der Waals surface area contributed by atoms with E-state index in [9.17, 15) is 0 Å². The minimum Gasteiger partial charge on any atom is -0.258 e. The van der Waals surface area contributed by atoms with Gasteiger partial charge in [0.1, 0.15) is 0 Å². The fourth-order valence-corrected chi connectivity index (χ4v) is 1.21. The molecule has 0 fully saturated rings. The molecular weight excluding hydrogens is 162 g/mol. The summed E-state index contributed by atoms with van der Waals surface area (Å²) < 4.78 is 0. The SMILES string of the molecule is Cc1cc(C(C#N)C#N)cc(C)n1. The van der Waals surface area contributed by atoms with Crippen molar-refractivity contribution < 1.29 is 0 Å². The van der Waals surface area contributed by atoms with E-state index < -0.39 is 5.92 Å². The lowest BCUT2D eigenvalue weighted by Crippen LogP contribution is -1.96. The van der Waals surface area contributed by atoms with Crippen LogP contribution in [0.15, 0.2) is 12.1 Å². The summed E-state index contributed by atoms with van der Waals surface area (Å²) in [6.07, 6.45) is 0. The highest BCUT2D eigenvalue weighted by Gasteiger charge is 2.09. The molecule has 0 aliphatic carbocycles. The third kappa shape index (κ3) is 2.04. The summed E-state index contributed by atoms with van der Waals surface area (Å²) in [7, 11) is 0. The number of nitrogens with zero attached hydrogens (tertiary/aromatic N) is 3. The molecule has 0 atom stereocenters. The highest BCUT2D eigenvalue weighted by molar-refractivity contribution is 5.33. The summed E-state index contributed by atoms with van der Waals surface area (Å²) in [4.78, 5) is 4.17. The molecule has 13 heavy (non-hydrogen) atoms. The zero-order valence-electron chi connectivity index (χ0n) is 7.57. The lowest BCUT2D eigenvalue weighted by atomic mass is 10.0. The second kappa shape index (κ2) is 3.69. The van der Waals surface area contributed by atoms with Crippen LogP contribution in [0.1, 0.15) is 22.9 Å². The van der Waals surface area contributed by atoms with Gasteiger partial charge in [-0.1, -0.05) is 0 Å². The molecule has 0 spiro atoms. The number of aryl methyl sites for hydroxylation is 2. The highest BCUT2D eigenvalue weighted by atomic mass is 14.7. The van der Waals surface area contributed by atoms with Crippen molar-refractivity contribution in [1.82, 2.24) is 4.98 Å². The summed E-state index contributed by atoms with van der Waals surface area (Å²) in [5.74, 6) is -0.680. The van der Waals surface area contributed by atoms with Crippen molar-refractivity contribution in [1.29, 1.82) is 10.5 Å². The van der Waals surface area contributed by atoms with E-state index in [1.165, 1.54) is 0 Å². The molecule has 0 bridgehead atoms. The van der Waals surface area contributed by atoms with Crippen LogP contribution in [-0.2, 0) is 0 Å². The monoisotopic (exact) mass is 171 g/mol. The molecule has 1 aromatic heterocycles. The van der Waals surface area contributed by atoms with Gasteiger partial charge in [0.05, 0.1) is 12.1 Å². The Hall–Kier alpha value is -1.87. The van der Waals surface area contributed by atoms with Crippen LogP contribution >= 0.6 is 0 Å². The predicted molar refractivity (Wildman–Crippen MR) is 47.7 cm³/mol. The minimum absolute atomic E-state index is 0.680. The van der Waals surface area contributed by atoms with E-state index >= 15 is 0 Å². The maximum Gasteiger partial charge on any atom is 0.158 e. The molecule has 64 valence electrons. The Morgan fingerprint density at radius 1 is 1.15 bits per heavy atom. The van der Waals surface area contributed by atoms with Crippen LogP contribution < -0.4 is 0 Å². The van der Waals surface area contributed by atoms with Crippen molar-refractivity contribution in [3.8, 4) is 12.1 Å². The third-order valence-corrected chi connectivity index (χ3v) is 1.70. The lowest BCUT2D eigenvalue weighted by molar-refractivity contribution is 1.04. The van der Waals surface area contributed by atoms with E-state index in [4.69, 9.17) is 10.5 Å². The average molecular weight is 171 g/mol. The van der Waals surface area contributed by atoms with Gasteiger partial charge in [-0.05, 0) is 31.5 Å². The zero-order chi connectivity index (χ0) is 9.84. The number of rotatable bonds is 1. The fraction of sp³-hybridized carbons (Fsp3) is 0.300. The maximum absolute atomic E-state index is 8.67. The molecular formula is C10H9N3. The van der Waals surface area contributed by atoms with Gasteiger partial charge in [-0.3, -0.25) is 4.98 Å². The molecule has 1 aromatic rings. The van der Waals surface area contributed by atoms with Crippen LogP contribution in [0, 0.1) is 36.5 Å². The number of hydrogen-bond acceptors (Lipinski definition) is 3. The molecule has 3 nitrogen and oxygen atoms in total. The summed E-state index contributed by atoms with van der Waals surface area (Å²) >= 11 is 0. The van der Waals surface area contributed by atoms with Gasteiger partial charge < -0.3 is 0 Å². The molecule has 1 rings (SSSR count). The second-order valence-corrected chi connectivity index (χ2v) is 2.87. The molecule has 0 aliphatic rings. The summed E-state index contributed by atoms with van der Waals surface area (Å²) in [6.45, 7) is 3.70. The van der Waals surface area contributed by atoms with Crippen LogP contribution in [0.3, 0.4) is 0 Å². The maximum atomic E-state index is 8.67. The Morgan fingerprint density at radius 3 is 2.00 bits per heavy atom. The molecule has 0 saturated carbocycles. The first kappa shape index (κ1) is 9.22. The smallest absolute Gasteiger partial charge is 0.158 e. The standard InChI is InChI=1S/C10H9N3/c1-7-3-9(4-8(2)13-7)10(5-11)6-12/h3-4,10H,1-2H3. The zero-order valence-corrected chi connectivity index (χ0v) is 7.57. The van der Waals surface area contributed by atoms with E-state index in [2.05, 4.69) is 4.98 Å². The Labute approximate surface area is 77.3 Å². The van der Waals surface area contributed by atoms with Crippen LogP contribution in [0.25, 0.3) is 0 Å². The van der Waals surface area contributed by atoms with Crippen LogP contribution in [0.4, 0.5) is 0 Å². The Kier molecular flexibility index (Phi) is 2.62. The van der Waals surface area contributed by atoms with E-state index in [-0.39, 0.29) is 0 Å². The average Bonchev–Trinajstić information content (AvgIpc) is 2.04. The number of pyridine rings is 1. The van der Waals surface area contributed by atoms with Crippen molar-refractivity contribution in [3.63, 3.8) is 0 Å². The van der Waals surface area contributed by atoms with Crippen molar-refractivity contribution in [3.05, 3.63) is 29.1 Å². The summed E-state index contributed by atoms with van der Waals surface area (Å²) in [5, 5.41) is 17.3. The molecule has 0 amide bonds. The largest absolute Gasteiger partial charge is 0.258 e. The van der Waals surface area contributed by atoms with Crippen LogP contribution in [-0.4, -0.2) is 4.98 Å². The van der Waals surface area contributed by atoms with Crippen LogP contribution in [0.2, 0.25) is 0 Å². The molecule has 0 saturated heterocycles. The number of hydrogen-bond donors (Lipinski definition) is 0. The quantitative estimate of drug-likeness (QED) is 0.647. The normalized spacial score (nSPS) is 9.31. The third-order valence-electron chi connectivity index (χ3n) is 1.70. The van der Waals surface area contributed by atoms with Gasteiger partial charge in [0.15, 0.2) is 5.92 Å². The number of nitriles is 2. The molecule has 0 aliphatic heterocycles. The number of aromatic nitrogens is 1. The first-order valence-electron chi connectivity index (χ1n) is 3.92. The van der Waals surface area contributed by atoms with E-state index in [0.29, 0.717) is 0 Å². The fourth-order valence-electron chi connectivity index (χ4n) is 1.21. The molecule has 0 radical (unpaired) electrons. The van der Waals surface area contributed by atoms with Crippen molar-refractivity contribution >= 4 is 0 Å². The molecule has 3 heteroatoms. The van der Waals surface area contributed by atoms with Crippen molar-refractivity contribution in [2.45, 2.75) is 19.8 Å². The van der Waals surface area contributed by atoms with Gasteiger partial charge in [-0.25, -0.2) is 0 Å². The topological polar surface area (TPSA) is 60.5 Å². The van der Waals surface area contributed by atoms with Crippen molar-refractivity contribution in [2.75, 3.05) is 0 Å². The first-order valence-corrected chi connectivity index (χ1v) is 3.92. The Balaban J connectivity index is 3.17. The second-order valence-electron chi connectivity index (χ2n) is 2.87. The van der Waals surface area contributed by atoms with Gasteiger partial charge in [0.25, 0.3) is 0 Å². The molecule has 0 aromatic carbocycles. The molecule has 0 unspecified atom stereocenters. The van der Waals surface area contributed by atoms with E-state index in [1.807, 2.05) is 26.0 Å². The highest BCUT2D eigenvalue weighted by Crippen LogP contribution is 2.15. The Bertz CT molecular complexity index is 361. The van der Waals surface area contributed by atoms with E-state index in [0.717, 1.165) is 17.0 Å². The van der Waals surface area contributed by atoms with Gasteiger partial charge in [0, 0.05) is 11.4 Å².